The average molecular weight is 380 g/mol. The Balaban J connectivity index is 0.00000243. The average Bonchev–Trinajstić information content (AvgIpc) is 3.05. The third-order valence-corrected chi connectivity index (χ3v) is 5.80. The molecule has 146 valence electrons. The molecule has 26 heavy (non-hydrogen) atoms. The Hall–Kier alpha value is -1.13. The Labute approximate surface area is 164 Å². The van der Waals surface area contributed by atoms with E-state index in [1.165, 1.54) is 38.5 Å². The molecule has 0 spiro atoms. The van der Waals surface area contributed by atoms with E-state index in [9.17, 15) is 4.79 Å². The van der Waals surface area contributed by atoms with Crippen LogP contribution in [0.1, 0.15) is 69.9 Å². The first-order valence-corrected chi connectivity index (χ1v) is 10.2. The zero-order valence-electron chi connectivity index (χ0n) is 15.9. The van der Waals surface area contributed by atoms with E-state index in [2.05, 4.69) is 15.2 Å². The molecule has 1 amide bonds. The summed E-state index contributed by atoms with van der Waals surface area (Å²) >= 11 is 0. The summed E-state index contributed by atoms with van der Waals surface area (Å²) in [5, 5.41) is 3.47. The van der Waals surface area contributed by atoms with E-state index in [-0.39, 0.29) is 12.4 Å². The second-order valence-electron chi connectivity index (χ2n) is 7.74. The largest absolute Gasteiger partial charge is 0.334 e. The zero-order valence-corrected chi connectivity index (χ0v) is 16.7. The molecule has 1 N–H and O–H groups in total. The smallest absolute Gasteiger partial charge is 0.223 e. The minimum atomic E-state index is 0. The van der Waals surface area contributed by atoms with Gasteiger partial charge in [-0.05, 0) is 63.2 Å². The Kier molecular flexibility index (Phi) is 9.41. The van der Waals surface area contributed by atoms with Gasteiger partial charge in [0.2, 0.25) is 5.91 Å². The number of hydrogen-bond acceptors (Lipinski definition) is 3. The van der Waals surface area contributed by atoms with E-state index in [1.807, 2.05) is 24.4 Å². The van der Waals surface area contributed by atoms with Crippen LogP contribution in [0.15, 0.2) is 24.4 Å². The highest BCUT2D eigenvalue weighted by Gasteiger charge is 2.27. The summed E-state index contributed by atoms with van der Waals surface area (Å²) in [6, 6.07) is 6.36. The van der Waals surface area contributed by atoms with Crippen LogP contribution in [-0.4, -0.2) is 34.9 Å². The second kappa shape index (κ2) is 11.6. The van der Waals surface area contributed by atoms with E-state index in [0.29, 0.717) is 24.4 Å². The number of hydrogen-bond donors (Lipinski definition) is 1. The standard InChI is InChI=1S/C21H33N3O.ClH/c25-21(16-18-8-3-1-2-4-9-18)24(17-19-10-5-6-14-23-19)20-11-7-13-22-15-12-20;/h5-6,10,14,18,20,22H,1-4,7-9,11-13,15-17H2;1H. The van der Waals surface area contributed by atoms with Crippen molar-refractivity contribution in [2.45, 2.75) is 76.8 Å². The molecule has 4 nitrogen and oxygen atoms in total. The van der Waals surface area contributed by atoms with Crippen molar-refractivity contribution < 1.29 is 4.79 Å². The van der Waals surface area contributed by atoms with Gasteiger partial charge in [-0.2, -0.15) is 0 Å². The molecule has 2 fully saturated rings. The van der Waals surface area contributed by atoms with Crippen molar-refractivity contribution >= 4 is 18.3 Å². The lowest BCUT2D eigenvalue weighted by Gasteiger charge is -2.32. The SMILES string of the molecule is Cl.O=C(CC1CCCCCC1)N(Cc1ccccn1)C1CCCNCC1. The molecule has 2 heterocycles. The number of aromatic nitrogens is 1. The lowest BCUT2D eigenvalue weighted by atomic mass is 9.95. The summed E-state index contributed by atoms with van der Waals surface area (Å²) in [5.74, 6) is 0.939. The Morgan fingerprint density at radius 3 is 2.58 bits per heavy atom. The lowest BCUT2D eigenvalue weighted by molar-refractivity contribution is -0.135. The van der Waals surface area contributed by atoms with E-state index < -0.39 is 0 Å². The Morgan fingerprint density at radius 2 is 1.85 bits per heavy atom. The normalized spacial score (nSPS) is 21.9. The Morgan fingerprint density at radius 1 is 1.04 bits per heavy atom. The fourth-order valence-electron chi connectivity index (χ4n) is 4.33. The molecular formula is C21H34ClN3O. The topological polar surface area (TPSA) is 45.2 Å². The Bertz CT molecular complexity index is 509. The van der Waals surface area contributed by atoms with Gasteiger partial charge in [-0.1, -0.05) is 31.7 Å². The van der Waals surface area contributed by atoms with E-state index >= 15 is 0 Å². The number of nitrogens with one attached hydrogen (secondary N) is 1. The maximum absolute atomic E-state index is 13.2. The first-order valence-electron chi connectivity index (χ1n) is 10.2. The van der Waals surface area contributed by atoms with Crippen molar-refractivity contribution in [2.75, 3.05) is 13.1 Å². The molecule has 2 aliphatic rings. The zero-order chi connectivity index (χ0) is 17.3. The number of amides is 1. The first kappa shape index (κ1) is 21.2. The molecule has 1 saturated carbocycles. The van der Waals surface area contributed by atoms with Crippen LogP contribution in [0.2, 0.25) is 0 Å². The summed E-state index contributed by atoms with van der Waals surface area (Å²) in [6.07, 6.45) is 13.6. The van der Waals surface area contributed by atoms with E-state index in [0.717, 1.165) is 44.5 Å². The van der Waals surface area contributed by atoms with Gasteiger partial charge in [0.05, 0.1) is 12.2 Å². The summed E-state index contributed by atoms with van der Waals surface area (Å²) < 4.78 is 0. The number of carbonyl (C=O) groups is 1. The summed E-state index contributed by atoms with van der Waals surface area (Å²) in [7, 11) is 0. The van der Waals surface area contributed by atoms with Gasteiger partial charge in [-0.25, -0.2) is 0 Å². The van der Waals surface area contributed by atoms with E-state index in [1.54, 1.807) is 0 Å². The minimum Gasteiger partial charge on any atom is -0.334 e. The van der Waals surface area contributed by atoms with Crippen LogP contribution >= 0.6 is 12.4 Å². The van der Waals surface area contributed by atoms with E-state index in [4.69, 9.17) is 0 Å². The monoisotopic (exact) mass is 379 g/mol. The molecule has 1 aliphatic carbocycles. The van der Waals surface area contributed by atoms with Gasteiger partial charge in [0, 0.05) is 18.7 Å². The molecular weight excluding hydrogens is 346 g/mol. The van der Waals surface area contributed by atoms with Gasteiger partial charge in [0.1, 0.15) is 0 Å². The molecule has 0 bridgehead atoms. The highest BCUT2D eigenvalue weighted by Crippen LogP contribution is 2.27. The number of halogens is 1. The molecule has 0 aromatic carbocycles. The van der Waals surface area contributed by atoms with Crippen LogP contribution in [-0.2, 0) is 11.3 Å². The minimum absolute atomic E-state index is 0. The molecule has 1 aromatic rings. The molecule has 5 heteroatoms. The molecule has 1 saturated heterocycles. The van der Waals surface area contributed by atoms with Gasteiger partial charge >= 0.3 is 0 Å². The van der Waals surface area contributed by atoms with Gasteiger partial charge in [-0.3, -0.25) is 9.78 Å². The predicted molar refractivity (Wildman–Crippen MR) is 108 cm³/mol. The summed E-state index contributed by atoms with van der Waals surface area (Å²) in [5.41, 5.74) is 1.01. The van der Waals surface area contributed by atoms with Crippen LogP contribution < -0.4 is 5.32 Å². The summed E-state index contributed by atoms with van der Waals surface area (Å²) in [4.78, 5) is 19.8. The van der Waals surface area contributed by atoms with Gasteiger partial charge in [0.25, 0.3) is 0 Å². The fraction of sp³-hybridized carbons (Fsp3) is 0.714. The maximum atomic E-state index is 13.2. The molecule has 1 aromatic heterocycles. The third kappa shape index (κ3) is 6.55. The van der Waals surface area contributed by atoms with Crippen molar-refractivity contribution in [1.29, 1.82) is 0 Å². The highest BCUT2D eigenvalue weighted by atomic mass is 35.5. The highest BCUT2D eigenvalue weighted by molar-refractivity contribution is 5.85. The van der Waals surface area contributed by atoms with Crippen molar-refractivity contribution in [3.8, 4) is 0 Å². The molecule has 1 atom stereocenters. The van der Waals surface area contributed by atoms with Crippen molar-refractivity contribution in [2.24, 2.45) is 5.92 Å². The number of rotatable bonds is 5. The van der Waals surface area contributed by atoms with Crippen LogP contribution in [0.4, 0.5) is 0 Å². The van der Waals surface area contributed by atoms with Crippen molar-refractivity contribution in [3.63, 3.8) is 0 Å². The fourth-order valence-corrected chi connectivity index (χ4v) is 4.33. The van der Waals surface area contributed by atoms with Crippen molar-refractivity contribution in [3.05, 3.63) is 30.1 Å². The number of pyridine rings is 1. The van der Waals surface area contributed by atoms with Crippen molar-refractivity contribution in [1.82, 2.24) is 15.2 Å². The molecule has 0 radical (unpaired) electrons. The van der Waals surface area contributed by atoms with Crippen LogP contribution in [0, 0.1) is 5.92 Å². The second-order valence-corrected chi connectivity index (χ2v) is 7.74. The molecule has 1 aliphatic heterocycles. The quantitative estimate of drug-likeness (QED) is 0.774. The van der Waals surface area contributed by atoms with Crippen LogP contribution in [0.3, 0.4) is 0 Å². The van der Waals surface area contributed by atoms with Crippen LogP contribution in [0.25, 0.3) is 0 Å². The molecule has 3 rings (SSSR count). The first-order chi connectivity index (χ1) is 12.3. The van der Waals surface area contributed by atoms with Gasteiger partial charge in [0.15, 0.2) is 0 Å². The third-order valence-electron chi connectivity index (χ3n) is 5.80. The number of carbonyl (C=O) groups excluding carboxylic acids is 1. The predicted octanol–water partition coefficient (Wildman–Crippen LogP) is 4.33. The molecule has 1 unspecified atom stereocenters. The van der Waals surface area contributed by atoms with Gasteiger partial charge in [-0.15, -0.1) is 12.4 Å². The van der Waals surface area contributed by atoms with Crippen LogP contribution in [0.5, 0.6) is 0 Å². The lowest BCUT2D eigenvalue weighted by Crippen LogP contribution is -2.41. The maximum Gasteiger partial charge on any atom is 0.223 e. The summed E-state index contributed by atoms with van der Waals surface area (Å²) in [6.45, 7) is 2.75. The number of nitrogens with zero attached hydrogens (tertiary/aromatic N) is 2. The van der Waals surface area contributed by atoms with Gasteiger partial charge < -0.3 is 10.2 Å².